The van der Waals surface area contributed by atoms with Crippen LogP contribution in [0.3, 0.4) is 0 Å². The number of para-hydroxylation sites is 1. The maximum Gasteiger partial charge on any atom is 0.434 e. The van der Waals surface area contributed by atoms with E-state index in [-0.39, 0.29) is 3.57 Å². The number of rotatable bonds is 1. The van der Waals surface area contributed by atoms with E-state index in [1.54, 1.807) is 34.7 Å². The Balaban J connectivity index is 2.34. The van der Waals surface area contributed by atoms with Crippen molar-refractivity contribution in [1.82, 2.24) is 4.98 Å². The van der Waals surface area contributed by atoms with Crippen LogP contribution in [0.1, 0.15) is 36.9 Å². The van der Waals surface area contributed by atoms with Gasteiger partial charge in [-0.15, -0.1) is 0 Å². The van der Waals surface area contributed by atoms with Crippen LogP contribution in [0.25, 0.3) is 16.5 Å². The molecule has 0 bridgehead atoms. The van der Waals surface area contributed by atoms with Crippen LogP contribution in [0, 0.1) is 3.57 Å². The van der Waals surface area contributed by atoms with Crippen LogP contribution >= 0.6 is 22.6 Å². The number of allylic oxidation sites excluding steroid dienone is 2. The van der Waals surface area contributed by atoms with Crippen molar-refractivity contribution in [1.29, 1.82) is 0 Å². The molecule has 0 atom stereocenters. The first-order chi connectivity index (χ1) is 9.98. The number of benzene rings is 1. The van der Waals surface area contributed by atoms with E-state index in [2.05, 4.69) is 11.1 Å². The summed E-state index contributed by atoms with van der Waals surface area (Å²) in [7, 11) is 0. The highest BCUT2D eigenvalue weighted by molar-refractivity contribution is 14.1. The van der Waals surface area contributed by atoms with E-state index in [0.29, 0.717) is 11.1 Å². The summed E-state index contributed by atoms with van der Waals surface area (Å²) in [6.07, 6.45) is 1.55. The molecule has 0 saturated heterocycles. The molecule has 0 unspecified atom stereocenters. The lowest BCUT2D eigenvalue weighted by Gasteiger charge is -2.19. The Morgan fingerprint density at radius 1 is 1.10 bits per heavy atom. The second kappa shape index (κ2) is 5.59. The lowest BCUT2D eigenvalue weighted by atomic mass is 9.91. The fourth-order valence-corrected chi connectivity index (χ4v) is 3.82. The summed E-state index contributed by atoms with van der Waals surface area (Å²) < 4.78 is 39.9. The number of alkyl halides is 3. The molecular formula is C16H13F3IN. The summed E-state index contributed by atoms with van der Waals surface area (Å²) in [5.74, 6) is 0. The zero-order valence-electron chi connectivity index (χ0n) is 11.2. The number of halogens is 4. The highest BCUT2D eigenvalue weighted by Gasteiger charge is 2.37. The van der Waals surface area contributed by atoms with Crippen molar-refractivity contribution < 1.29 is 13.2 Å². The number of hydrogen-bond donors (Lipinski definition) is 0. The summed E-state index contributed by atoms with van der Waals surface area (Å²) in [5.41, 5.74) is 1.37. The Kier molecular flexibility index (Phi) is 3.94. The molecule has 1 aliphatic rings. The van der Waals surface area contributed by atoms with Gasteiger partial charge in [0.2, 0.25) is 0 Å². The van der Waals surface area contributed by atoms with E-state index in [0.717, 1.165) is 36.6 Å². The topological polar surface area (TPSA) is 12.9 Å². The van der Waals surface area contributed by atoms with Gasteiger partial charge in [-0.1, -0.05) is 24.3 Å². The molecule has 1 heterocycles. The average Bonchev–Trinajstić information content (AvgIpc) is 2.46. The average molecular weight is 403 g/mol. The molecule has 1 nitrogen and oxygen atoms in total. The molecular weight excluding hydrogens is 390 g/mol. The van der Waals surface area contributed by atoms with Gasteiger partial charge in [0, 0.05) is 10.9 Å². The summed E-state index contributed by atoms with van der Waals surface area (Å²) in [4.78, 5) is 3.84. The molecule has 2 aromatic rings. The van der Waals surface area contributed by atoms with Gasteiger partial charge in [0.1, 0.15) is 0 Å². The van der Waals surface area contributed by atoms with Crippen LogP contribution in [0.4, 0.5) is 13.2 Å². The SMILES string of the molecule is FC(F)(F)c1nc2ccccc2c(C2=CCCCC2)c1I. The lowest BCUT2D eigenvalue weighted by molar-refractivity contribution is -0.141. The van der Waals surface area contributed by atoms with Gasteiger partial charge in [-0.3, -0.25) is 0 Å². The van der Waals surface area contributed by atoms with Gasteiger partial charge in [-0.05, 0) is 59.9 Å². The Hall–Kier alpha value is -1.11. The van der Waals surface area contributed by atoms with E-state index in [4.69, 9.17) is 0 Å². The number of aromatic nitrogens is 1. The maximum atomic E-state index is 13.2. The van der Waals surface area contributed by atoms with Gasteiger partial charge in [0.05, 0.1) is 9.09 Å². The Labute approximate surface area is 134 Å². The predicted octanol–water partition coefficient (Wildman–Crippen LogP) is 5.82. The maximum absolute atomic E-state index is 13.2. The molecule has 0 amide bonds. The molecule has 0 radical (unpaired) electrons. The van der Waals surface area contributed by atoms with Gasteiger partial charge >= 0.3 is 6.18 Å². The van der Waals surface area contributed by atoms with Crippen molar-refractivity contribution in [2.45, 2.75) is 31.9 Å². The molecule has 1 aliphatic carbocycles. The Morgan fingerprint density at radius 2 is 1.86 bits per heavy atom. The first kappa shape index (κ1) is 14.8. The van der Waals surface area contributed by atoms with Gasteiger partial charge < -0.3 is 0 Å². The third kappa shape index (κ3) is 2.80. The van der Waals surface area contributed by atoms with Crippen LogP contribution in [0.5, 0.6) is 0 Å². The van der Waals surface area contributed by atoms with Crippen molar-refractivity contribution >= 4 is 39.1 Å². The third-order valence-electron chi connectivity index (χ3n) is 3.71. The third-order valence-corrected chi connectivity index (χ3v) is 4.76. The smallest absolute Gasteiger partial charge is 0.242 e. The fraction of sp³-hybridized carbons (Fsp3) is 0.312. The minimum Gasteiger partial charge on any atom is -0.242 e. The van der Waals surface area contributed by atoms with Gasteiger partial charge in [-0.25, -0.2) is 4.98 Å². The van der Waals surface area contributed by atoms with Gasteiger partial charge in [-0.2, -0.15) is 13.2 Å². The summed E-state index contributed by atoms with van der Waals surface area (Å²) in [5, 5.41) is 0.808. The number of pyridine rings is 1. The number of nitrogens with zero attached hydrogens (tertiary/aromatic N) is 1. The van der Waals surface area contributed by atoms with Crippen molar-refractivity contribution in [3.8, 4) is 0 Å². The summed E-state index contributed by atoms with van der Waals surface area (Å²) in [6, 6.07) is 7.07. The molecule has 110 valence electrons. The second-order valence-electron chi connectivity index (χ2n) is 5.14. The largest absolute Gasteiger partial charge is 0.434 e. The molecule has 0 saturated carbocycles. The summed E-state index contributed by atoms with van der Waals surface area (Å²) in [6.45, 7) is 0. The zero-order chi connectivity index (χ0) is 15.0. The van der Waals surface area contributed by atoms with Crippen molar-refractivity contribution in [3.63, 3.8) is 0 Å². The normalized spacial score (nSPS) is 16.1. The van der Waals surface area contributed by atoms with E-state index >= 15 is 0 Å². The monoisotopic (exact) mass is 403 g/mol. The molecule has 0 spiro atoms. The highest BCUT2D eigenvalue weighted by atomic mass is 127. The number of hydrogen-bond acceptors (Lipinski definition) is 1. The molecule has 5 heteroatoms. The standard InChI is InChI=1S/C16H13F3IN/c17-16(18,19)15-14(20)13(10-6-2-1-3-7-10)11-8-4-5-9-12(11)21-15/h4-6,8-9H,1-3,7H2. The lowest BCUT2D eigenvalue weighted by Crippen LogP contribution is -2.13. The van der Waals surface area contributed by atoms with E-state index < -0.39 is 11.9 Å². The second-order valence-corrected chi connectivity index (χ2v) is 6.22. The summed E-state index contributed by atoms with van der Waals surface area (Å²) >= 11 is 1.79. The van der Waals surface area contributed by atoms with Gasteiger partial charge in [0.25, 0.3) is 0 Å². The molecule has 0 N–H and O–H groups in total. The Morgan fingerprint density at radius 3 is 2.52 bits per heavy atom. The Bertz CT molecular complexity index is 719. The quantitative estimate of drug-likeness (QED) is 0.548. The zero-order valence-corrected chi connectivity index (χ0v) is 13.3. The molecule has 1 aromatic heterocycles. The molecule has 1 aromatic carbocycles. The van der Waals surface area contributed by atoms with Crippen LogP contribution in [0.2, 0.25) is 0 Å². The van der Waals surface area contributed by atoms with Crippen molar-refractivity contribution in [2.75, 3.05) is 0 Å². The van der Waals surface area contributed by atoms with Crippen LogP contribution < -0.4 is 0 Å². The van der Waals surface area contributed by atoms with Crippen molar-refractivity contribution in [3.05, 3.63) is 45.2 Å². The van der Waals surface area contributed by atoms with Crippen LogP contribution in [-0.4, -0.2) is 4.98 Å². The minimum atomic E-state index is -4.43. The number of fused-ring (bicyclic) bond motifs is 1. The fourth-order valence-electron chi connectivity index (χ4n) is 2.76. The molecule has 0 fully saturated rings. The van der Waals surface area contributed by atoms with Crippen LogP contribution in [0.15, 0.2) is 30.3 Å². The van der Waals surface area contributed by atoms with Crippen molar-refractivity contribution in [2.24, 2.45) is 0 Å². The van der Waals surface area contributed by atoms with Gasteiger partial charge in [0.15, 0.2) is 5.69 Å². The van der Waals surface area contributed by atoms with E-state index in [9.17, 15) is 13.2 Å². The van der Waals surface area contributed by atoms with Crippen LogP contribution in [-0.2, 0) is 6.18 Å². The predicted molar refractivity (Wildman–Crippen MR) is 85.9 cm³/mol. The van der Waals surface area contributed by atoms with E-state index in [1.165, 1.54) is 0 Å². The highest BCUT2D eigenvalue weighted by Crippen LogP contribution is 2.40. The molecule has 21 heavy (non-hydrogen) atoms. The minimum absolute atomic E-state index is 0.215. The first-order valence-corrected chi connectivity index (χ1v) is 7.91. The molecule has 0 aliphatic heterocycles. The molecule has 3 rings (SSSR count). The first-order valence-electron chi connectivity index (χ1n) is 6.83. The van der Waals surface area contributed by atoms with E-state index in [1.807, 2.05) is 12.1 Å².